The Morgan fingerprint density at radius 1 is 1.62 bits per heavy atom. The minimum atomic E-state index is -0.849. The van der Waals surface area contributed by atoms with Gasteiger partial charge in [0, 0.05) is 6.07 Å². The number of aromatic hydroxyl groups is 1. The van der Waals surface area contributed by atoms with Crippen LogP contribution in [0, 0.1) is 21.4 Å². The number of ketones is 1. The van der Waals surface area contributed by atoms with E-state index in [-0.39, 0.29) is 11.1 Å². The summed E-state index contributed by atoms with van der Waals surface area (Å²) in [4.78, 5) is 21.2. The summed E-state index contributed by atoms with van der Waals surface area (Å²) in [6.07, 6.45) is 0. The zero-order valence-electron chi connectivity index (χ0n) is 7.81. The highest BCUT2D eigenvalue weighted by atomic mass is 35.5. The first kappa shape index (κ1) is 11.9. The lowest BCUT2D eigenvalue weighted by atomic mass is 10.0. The SMILES string of the molecule is N#Cc1cc(O)cc(C(=O)CCl)c1[N+](=O)[O-]. The van der Waals surface area contributed by atoms with Crippen molar-refractivity contribution < 1.29 is 14.8 Å². The molecule has 82 valence electrons. The van der Waals surface area contributed by atoms with Gasteiger partial charge in [0.1, 0.15) is 22.9 Å². The molecule has 0 saturated heterocycles. The summed E-state index contributed by atoms with van der Waals surface area (Å²) in [6.45, 7) is 0. The first-order valence-electron chi connectivity index (χ1n) is 4.02. The fraction of sp³-hybridized carbons (Fsp3) is 0.111. The van der Waals surface area contributed by atoms with E-state index in [1.165, 1.54) is 0 Å². The summed E-state index contributed by atoms with van der Waals surface area (Å²) < 4.78 is 0. The van der Waals surface area contributed by atoms with Gasteiger partial charge in [0.2, 0.25) is 0 Å². The number of rotatable bonds is 3. The van der Waals surface area contributed by atoms with Gasteiger partial charge in [0.05, 0.1) is 10.8 Å². The van der Waals surface area contributed by atoms with Crippen LogP contribution in [0.4, 0.5) is 5.69 Å². The lowest BCUT2D eigenvalue weighted by molar-refractivity contribution is -0.385. The molecular formula is C9H5ClN2O4. The number of nitrogens with zero attached hydrogens (tertiary/aromatic N) is 2. The predicted octanol–water partition coefficient (Wildman–Crippen LogP) is 1.59. The molecule has 0 saturated carbocycles. The minimum absolute atomic E-state index is 0.364. The molecule has 1 rings (SSSR count). The van der Waals surface area contributed by atoms with E-state index in [1.807, 2.05) is 0 Å². The molecule has 0 heterocycles. The van der Waals surface area contributed by atoms with Crippen LogP contribution < -0.4 is 0 Å². The summed E-state index contributed by atoms with van der Waals surface area (Å²) in [5, 5.41) is 28.6. The molecule has 0 aliphatic carbocycles. The molecule has 0 spiro atoms. The van der Waals surface area contributed by atoms with Crippen LogP contribution in [-0.4, -0.2) is 21.7 Å². The summed E-state index contributed by atoms with van der Waals surface area (Å²) in [6, 6.07) is 3.38. The normalized spacial score (nSPS) is 9.50. The third-order valence-corrected chi connectivity index (χ3v) is 2.06. The standard InChI is InChI=1S/C9H5ClN2O4/c10-3-8(14)7-2-6(13)1-5(4-11)9(7)12(15)16/h1-2,13H,3H2. The van der Waals surface area contributed by atoms with Crippen molar-refractivity contribution in [1.82, 2.24) is 0 Å². The van der Waals surface area contributed by atoms with Gasteiger partial charge in [-0.2, -0.15) is 5.26 Å². The molecule has 7 heteroatoms. The van der Waals surface area contributed by atoms with E-state index in [2.05, 4.69) is 0 Å². The summed E-state index contributed by atoms with van der Waals surface area (Å²) >= 11 is 5.27. The van der Waals surface area contributed by atoms with Crippen molar-refractivity contribution in [2.75, 3.05) is 5.88 Å². The van der Waals surface area contributed by atoms with Crippen LogP contribution in [0.3, 0.4) is 0 Å². The Bertz CT molecular complexity index is 507. The Morgan fingerprint density at radius 2 is 2.25 bits per heavy atom. The Hall–Kier alpha value is -2.13. The average Bonchev–Trinajstić information content (AvgIpc) is 2.26. The second-order valence-corrected chi connectivity index (χ2v) is 3.08. The van der Waals surface area contributed by atoms with Crippen LogP contribution in [0.25, 0.3) is 0 Å². The quantitative estimate of drug-likeness (QED) is 0.374. The molecule has 16 heavy (non-hydrogen) atoms. The van der Waals surface area contributed by atoms with Crippen molar-refractivity contribution >= 4 is 23.1 Å². The molecule has 0 radical (unpaired) electrons. The highest BCUT2D eigenvalue weighted by molar-refractivity contribution is 6.31. The predicted molar refractivity (Wildman–Crippen MR) is 54.5 cm³/mol. The second-order valence-electron chi connectivity index (χ2n) is 2.82. The van der Waals surface area contributed by atoms with Crippen molar-refractivity contribution in [3.05, 3.63) is 33.4 Å². The molecular weight excluding hydrogens is 236 g/mol. The van der Waals surface area contributed by atoms with Crippen molar-refractivity contribution in [2.24, 2.45) is 0 Å². The van der Waals surface area contributed by atoms with Gasteiger partial charge in [-0.1, -0.05) is 0 Å². The van der Waals surface area contributed by atoms with Crippen molar-refractivity contribution in [1.29, 1.82) is 5.26 Å². The van der Waals surface area contributed by atoms with Gasteiger partial charge in [-0.15, -0.1) is 11.6 Å². The second kappa shape index (κ2) is 4.59. The Morgan fingerprint density at radius 3 is 2.69 bits per heavy atom. The number of hydrogen-bond acceptors (Lipinski definition) is 5. The largest absolute Gasteiger partial charge is 0.508 e. The van der Waals surface area contributed by atoms with Crippen LogP contribution >= 0.6 is 11.6 Å². The summed E-state index contributed by atoms with van der Waals surface area (Å²) in [7, 11) is 0. The van der Waals surface area contributed by atoms with E-state index in [0.717, 1.165) is 12.1 Å². The molecule has 1 aromatic carbocycles. The number of phenolic OH excluding ortho intramolecular Hbond substituents is 1. The topological polar surface area (TPSA) is 104 Å². The molecule has 0 unspecified atom stereocenters. The van der Waals surface area contributed by atoms with Crippen molar-refractivity contribution in [3.8, 4) is 11.8 Å². The fourth-order valence-electron chi connectivity index (χ4n) is 1.19. The third-order valence-electron chi connectivity index (χ3n) is 1.82. The van der Waals surface area contributed by atoms with Crippen LogP contribution in [-0.2, 0) is 0 Å². The Labute approximate surface area is 94.8 Å². The van der Waals surface area contributed by atoms with Gasteiger partial charge >= 0.3 is 0 Å². The molecule has 1 aromatic rings. The molecule has 1 N–H and O–H groups in total. The highest BCUT2D eigenvalue weighted by Crippen LogP contribution is 2.28. The molecule has 0 aromatic heterocycles. The number of benzene rings is 1. The van der Waals surface area contributed by atoms with Crippen LogP contribution in [0.2, 0.25) is 0 Å². The van der Waals surface area contributed by atoms with Crippen LogP contribution in [0.5, 0.6) is 5.75 Å². The van der Waals surface area contributed by atoms with Crippen LogP contribution in [0.1, 0.15) is 15.9 Å². The number of nitro benzene ring substituents is 1. The van der Waals surface area contributed by atoms with E-state index in [9.17, 15) is 20.0 Å². The van der Waals surface area contributed by atoms with E-state index in [4.69, 9.17) is 16.9 Å². The van der Waals surface area contributed by atoms with Gasteiger partial charge < -0.3 is 5.11 Å². The van der Waals surface area contributed by atoms with E-state index < -0.39 is 28.0 Å². The maximum Gasteiger partial charge on any atom is 0.298 e. The zero-order valence-corrected chi connectivity index (χ0v) is 8.56. The number of alkyl halides is 1. The monoisotopic (exact) mass is 240 g/mol. The summed E-state index contributed by atoms with van der Waals surface area (Å²) in [5.74, 6) is -1.58. The average molecular weight is 241 g/mol. The van der Waals surface area contributed by atoms with Gasteiger partial charge in [-0.05, 0) is 6.07 Å². The van der Waals surface area contributed by atoms with E-state index >= 15 is 0 Å². The lowest BCUT2D eigenvalue weighted by Crippen LogP contribution is -2.06. The third kappa shape index (κ3) is 2.10. The molecule has 0 fully saturated rings. The minimum Gasteiger partial charge on any atom is -0.508 e. The van der Waals surface area contributed by atoms with Crippen LogP contribution in [0.15, 0.2) is 12.1 Å². The molecule has 0 aliphatic heterocycles. The van der Waals surface area contributed by atoms with Gasteiger partial charge in [-0.3, -0.25) is 14.9 Å². The molecule has 0 amide bonds. The van der Waals surface area contributed by atoms with Gasteiger partial charge in [-0.25, -0.2) is 0 Å². The number of Topliss-reactive ketones (excluding diaryl/α,β-unsaturated/α-hetero) is 1. The van der Waals surface area contributed by atoms with E-state index in [1.54, 1.807) is 6.07 Å². The maximum absolute atomic E-state index is 11.3. The first-order chi connectivity index (χ1) is 7.51. The molecule has 0 atom stereocenters. The highest BCUT2D eigenvalue weighted by Gasteiger charge is 2.25. The fourth-order valence-corrected chi connectivity index (χ4v) is 1.33. The lowest BCUT2D eigenvalue weighted by Gasteiger charge is -2.02. The van der Waals surface area contributed by atoms with Gasteiger partial charge in [0.15, 0.2) is 5.78 Å². The number of phenols is 1. The van der Waals surface area contributed by atoms with Gasteiger partial charge in [0.25, 0.3) is 5.69 Å². The summed E-state index contributed by atoms with van der Waals surface area (Å²) in [5.41, 5.74) is -1.37. The number of carbonyl (C=O) groups excluding carboxylic acids is 1. The smallest absolute Gasteiger partial charge is 0.298 e. The first-order valence-corrected chi connectivity index (χ1v) is 4.55. The Balaban J connectivity index is 3.58. The number of nitriles is 1. The maximum atomic E-state index is 11.3. The van der Waals surface area contributed by atoms with Crippen molar-refractivity contribution in [3.63, 3.8) is 0 Å². The molecule has 0 bridgehead atoms. The Kier molecular flexibility index (Phi) is 3.43. The van der Waals surface area contributed by atoms with Crippen molar-refractivity contribution in [2.45, 2.75) is 0 Å². The number of halogens is 1. The molecule has 6 nitrogen and oxygen atoms in total. The zero-order chi connectivity index (χ0) is 12.3. The number of carbonyl (C=O) groups is 1. The number of nitro groups is 1. The molecule has 0 aliphatic rings. The number of hydrogen-bond donors (Lipinski definition) is 1. The van der Waals surface area contributed by atoms with E-state index in [0.29, 0.717) is 0 Å².